The molecule has 0 radical (unpaired) electrons. The highest BCUT2D eigenvalue weighted by atomic mass is 19.1. The van der Waals surface area contributed by atoms with Gasteiger partial charge in [-0.1, -0.05) is 109 Å². The van der Waals surface area contributed by atoms with Crippen molar-refractivity contribution >= 4 is 72.1 Å². The summed E-state index contributed by atoms with van der Waals surface area (Å²) >= 11 is 0. The number of rotatable bonds is 8. The minimum absolute atomic E-state index is 0.120. The van der Waals surface area contributed by atoms with Gasteiger partial charge in [0.15, 0.2) is 5.69 Å². The third-order valence-electron chi connectivity index (χ3n) is 11.3. The molecule has 0 bridgehead atoms. The maximum Gasteiger partial charge on any atom is 0.187 e. The summed E-state index contributed by atoms with van der Waals surface area (Å²) in [6, 6.07) is 54.3. The van der Waals surface area contributed by atoms with Crippen LogP contribution in [0.25, 0.3) is 59.4 Å². The van der Waals surface area contributed by atoms with Gasteiger partial charge in [-0.2, -0.15) is 5.26 Å². The van der Waals surface area contributed by atoms with Gasteiger partial charge in [0.1, 0.15) is 23.3 Å². The molecule has 0 heterocycles. The van der Waals surface area contributed by atoms with Crippen LogP contribution in [0.4, 0.5) is 57.4 Å². The molecule has 0 aliphatic heterocycles. The highest BCUT2D eigenvalue weighted by Gasteiger charge is 2.26. The molecule has 0 aromatic heterocycles. The third-order valence-corrected chi connectivity index (χ3v) is 11.3. The van der Waals surface area contributed by atoms with Crippen LogP contribution in [0.15, 0.2) is 182 Å². The van der Waals surface area contributed by atoms with Crippen molar-refractivity contribution in [2.45, 2.75) is 0 Å². The second-order valence-electron chi connectivity index (χ2n) is 14.8. The zero-order valence-corrected chi connectivity index (χ0v) is 32.6. The first-order valence-corrected chi connectivity index (χ1v) is 19.7. The number of hydrogen-bond donors (Lipinski definition) is 0. The van der Waals surface area contributed by atoms with Gasteiger partial charge >= 0.3 is 0 Å². The normalized spacial score (nSPS) is 11.2. The van der Waals surface area contributed by atoms with Crippen LogP contribution < -0.4 is 9.80 Å². The van der Waals surface area contributed by atoms with E-state index in [1.54, 1.807) is 58.3 Å². The first-order chi connectivity index (χ1) is 30.3. The standard InChI is InChI=1S/C54H30F4N4/c1-60-38-22-16-35(17-23-38)44-29-52(48(58)31-46(44)56)62(40-10-6-3-7-11-40)50-27-21-37-18-24-41-49(26-20-36-19-25-42(50)54(37)53(36)41)61(39-8-4-2-5-9-39)51-28-43(45(55)30-47(51)57)34-14-12-33(32-59)13-15-34/h2-31H. The zero-order chi connectivity index (χ0) is 42.5. The number of halogens is 4. The van der Waals surface area contributed by atoms with Gasteiger partial charge in [0.25, 0.3) is 0 Å². The van der Waals surface area contributed by atoms with E-state index < -0.39 is 23.3 Å². The highest BCUT2D eigenvalue weighted by Crippen LogP contribution is 2.49. The molecule has 294 valence electrons. The van der Waals surface area contributed by atoms with E-state index in [1.165, 1.54) is 12.1 Å². The number of hydrogen-bond acceptors (Lipinski definition) is 3. The second kappa shape index (κ2) is 15.3. The Morgan fingerprint density at radius 1 is 0.435 bits per heavy atom. The van der Waals surface area contributed by atoms with Crippen LogP contribution in [0.2, 0.25) is 0 Å². The first-order valence-electron chi connectivity index (χ1n) is 19.7. The van der Waals surface area contributed by atoms with E-state index >= 15 is 17.6 Å². The summed E-state index contributed by atoms with van der Waals surface area (Å²) in [6.07, 6.45) is 0. The Bertz CT molecular complexity index is 3180. The summed E-state index contributed by atoms with van der Waals surface area (Å²) in [4.78, 5) is 7.02. The van der Waals surface area contributed by atoms with Crippen molar-refractivity contribution in [3.05, 3.63) is 222 Å². The van der Waals surface area contributed by atoms with Crippen molar-refractivity contribution in [1.29, 1.82) is 5.26 Å². The molecule has 0 aliphatic carbocycles. The van der Waals surface area contributed by atoms with Crippen molar-refractivity contribution in [1.82, 2.24) is 0 Å². The summed E-state index contributed by atoms with van der Waals surface area (Å²) in [6.45, 7) is 7.35. The summed E-state index contributed by atoms with van der Waals surface area (Å²) in [5.41, 5.74) is 4.96. The van der Waals surface area contributed by atoms with Gasteiger partial charge in [-0.25, -0.2) is 22.4 Å². The van der Waals surface area contributed by atoms with Gasteiger partial charge < -0.3 is 9.80 Å². The Hall–Kier alpha value is -8.46. The molecule has 0 atom stereocenters. The van der Waals surface area contributed by atoms with Gasteiger partial charge in [-0.3, -0.25) is 0 Å². The molecule has 0 saturated heterocycles. The molecule has 0 unspecified atom stereocenters. The molecular weight excluding hydrogens is 781 g/mol. The Morgan fingerprint density at radius 3 is 1.27 bits per heavy atom. The molecule has 0 spiro atoms. The van der Waals surface area contributed by atoms with Crippen LogP contribution in [0.1, 0.15) is 5.56 Å². The second-order valence-corrected chi connectivity index (χ2v) is 14.8. The molecule has 0 fully saturated rings. The minimum Gasteiger partial charge on any atom is -0.307 e. The van der Waals surface area contributed by atoms with Gasteiger partial charge in [0.05, 0.1) is 41.0 Å². The van der Waals surface area contributed by atoms with E-state index in [1.807, 2.05) is 109 Å². The van der Waals surface area contributed by atoms with Crippen LogP contribution >= 0.6 is 0 Å². The number of nitriles is 1. The van der Waals surface area contributed by atoms with Crippen molar-refractivity contribution in [3.8, 4) is 28.3 Å². The van der Waals surface area contributed by atoms with Crippen molar-refractivity contribution in [2.24, 2.45) is 0 Å². The molecule has 0 saturated carbocycles. The Kier molecular flexibility index (Phi) is 9.32. The number of para-hydroxylation sites is 2. The Morgan fingerprint density at radius 2 is 0.855 bits per heavy atom. The van der Waals surface area contributed by atoms with Crippen LogP contribution in [0.5, 0.6) is 0 Å². The molecule has 10 aromatic carbocycles. The molecule has 4 nitrogen and oxygen atoms in total. The molecule has 0 N–H and O–H groups in total. The number of anilines is 6. The van der Waals surface area contributed by atoms with E-state index in [4.69, 9.17) is 6.57 Å². The largest absolute Gasteiger partial charge is 0.307 e. The van der Waals surface area contributed by atoms with Crippen molar-refractivity contribution < 1.29 is 17.6 Å². The fourth-order valence-corrected chi connectivity index (χ4v) is 8.43. The first kappa shape index (κ1) is 37.8. The SMILES string of the molecule is [C-]#[N+]c1ccc(-c2cc(N(c3ccccc3)c3ccc4ccc5c(N(c6ccccc6)c6cc(-c7ccc(C#N)cc7)c(F)cc6F)ccc6ccc3c4c65)c(F)cc2F)cc1. The van der Waals surface area contributed by atoms with E-state index in [0.29, 0.717) is 45.1 Å². The molecule has 0 amide bonds. The average Bonchev–Trinajstić information content (AvgIpc) is 3.31. The van der Waals surface area contributed by atoms with Crippen molar-refractivity contribution in [2.75, 3.05) is 9.80 Å². The zero-order valence-electron chi connectivity index (χ0n) is 32.6. The predicted octanol–water partition coefficient (Wildman–Crippen LogP) is 15.8. The fourth-order valence-electron chi connectivity index (χ4n) is 8.43. The number of benzene rings is 10. The maximum atomic E-state index is 16.4. The van der Waals surface area contributed by atoms with E-state index in [0.717, 1.165) is 44.5 Å². The van der Waals surface area contributed by atoms with Crippen molar-refractivity contribution in [3.63, 3.8) is 0 Å². The topological polar surface area (TPSA) is 34.6 Å². The lowest BCUT2D eigenvalue weighted by atomic mass is 9.91. The van der Waals surface area contributed by atoms with Crippen LogP contribution in [0.3, 0.4) is 0 Å². The molecule has 10 rings (SSSR count). The average molecular weight is 811 g/mol. The van der Waals surface area contributed by atoms with Crippen LogP contribution in [0, 0.1) is 41.2 Å². The molecule has 0 aliphatic rings. The lowest BCUT2D eigenvalue weighted by Gasteiger charge is -2.30. The summed E-state index contributed by atoms with van der Waals surface area (Å²) < 4.78 is 64.0. The van der Waals surface area contributed by atoms with Gasteiger partial charge in [0, 0.05) is 45.4 Å². The van der Waals surface area contributed by atoms with E-state index in [2.05, 4.69) is 10.9 Å². The van der Waals surface area contributed by atoms with Crippen LogP contribution in [-0.2, 0) is 0 Å². The smallest absolute Gasteiger partial charge is 0.187 e. The predicted molar refractivity (Wildman–Crippen MR) is 241 cm³/mol. The lowest BCUT2D eigenvalue weighted by Crippen LogP contribution is -2.13. The summed E-state index contributed by atoms with van der Waals surface area (Å²) in [5, 5.41) is 14.5. The molecule has 10 aromatic rings. The maximum absolute atomic E-state index is 16.4. The molecular formula is C54H30F4N4. The van der Waals surface area contributed by atoms with E-state index in [-0.39, 0.29) is 22.5 Å². The van der Waals surface area contributed by atoms with Gasteiger partial charge in [-0.15, -0.1) is 0 Å². The Labute approximate surface area is 354 Å². The minimum atomic E-state index is -0.766. The third kappa shape index (κ3) is 6.39. The Balaban J connectivity index is 1.20. The van der Waals surface area contributed by atoms with E-state index in [9.17, 15) is 5.26 Å². The molecule has 62 heavy (non-hydrogen) atoms. The van der Waals surface area contributed by atoms with Crippen LogP contribution in [-0.4, -0.2) is 0 Å². The van der Waals surface area contributed by atoms with Gasteiger partial charge in [-0.05, 0) is 93.3 Å². The summed E-state index contributed by atoms with van der Waals surface area (Å²) in [7, 11) is 0. The quantitative estimate of drug-likeness (QED) is 0.0871. The summed E-state index contributed by atoms with van der Waals surface area (Å²) in [5.74, 6) is -3.00. The molecule has 8 heteroatoms. The monoisotopic (exact) mass is 810 g/mol. The lowest BCUT2D eigenvalue weighted by molar-refractivity contribution is 0.586. The fraction of sp³-hybridized carbons (Fsp3) is 0. The highest BCUT2D eigenvalue weighted by molar-refractivity contribution is 6.28. The number of nitrogens with zero attached hydrogens (tertiary/aromatic N) is 4. The van der Waals surface area contributed by atoms with Gasteiger partial charge in [0.2, 0.25) is 0 Å².